The van der Waals surface area contributed by atoms with E-state index in [9.17, 15) is 24.9 Å². The zero-order valence-corrected chi connectivity index (χ0v) is 25.7. The molecule has 0 radical (unpaired) electrons. The number of fused-ring (bicyclic) bond motifs is 5. The van der Waals surface area contributed by atoms with E-state index in [1.54, 1.807) is 23.1 Å². The summed E-state index contributed by atoms with van der Waals surface area (Å²) in [5.41, 5.74) is 2.69. The molecule has 1 heterocycles. The van der Waals surface area contributed by atoms with Gasteiger partial charge in [0.1, 0.15) is 12.2 Å². The summed E-state index contributed by atoms with van der Waals surface area (Å²) in [6.07, 6.45) is 3.23. The van der Waals surface area contributed by atoms with E-state index in [0.717, 1.165) is 24.8 Å². The Hall–Kier alpha value is -3.40. The quantitative estimate of drug-likeness (QED) is 0.328. The van der Waals surface area contributed by atoms with Crippen molar-refractivity contribution >= 4 is 11.8 Å². The molecule has 3 saturated carbocycles. The lowest BCUT2D eigenvalue weighted by molar-refractivity contribution is -0.145. The zero-order valence-electron chi connectivity index (χ0n) is 25.7. The molecule has 0 spiro atoms. The molecule has 3 fully saturated rings. The van der Waals surface area contributed by atoms with Crippen molar-refractivity contribution in [3.05, 3.63) is 70.8 Å². The molecular formula is C35H44N2O7. The van der Waals surface area contributed by atoms with E-state index in [-0.39, 0.29) is 43.4 Å². The second kappa shape index (κ2) is 12.2. The number of rotatable bonds is 10. The Balaban J connectivity index is 1.40. The van der Waals surface area contributed by atoms with Crippen LogP contribution in [0, 0.1) is 23.2 Å². The van der Waals surface area contributed by atoms with Gasteiger partial charge in [0.25, 0.3) is 0 Å². The average molecular weight is 605 g/mol. The molecule has 44 heavy (non-hydrogen) atoms. The molecule has 1 aliphatic heterocycles. The molecule has 2 aromatic rings. The normalized spacial score (nSPS) is 29.3. The molecule has 4 N–H and O–H groups in total. The molecule has 236 valence electrons. The molecule has 2 amide bonds. The number of carbonyl (C=O) groups excluding carboxylic acids is 2. The standard InChI is InChI=1S/C35H44N2O7/c1-35(2)23-10-9-22(26(35)16-23)18-37(29(40)15-20-7-5-4-6-8-20)27-17-25(34(42)36-11-12-38)30-24-13-21(19-39)14-28(43-3)32(24)44-33(30)31(27)41/h4-8,13-14,17,22-23,26-27,30-31,33,38-39,41H,9-12,15-16,18-19H2,1-3H3,(H,36,42). The lowest BCUT2D eigenvalue weighted by Gasteiger charge is -2.61. The van der Waals surface area contributed by atoms with Crippen LogP contribution in [-0.2, 0) is 22.6 Å². The largest absolute Gasteiger partial charge is 0.493 e. The van der Waals surface area contributed by atoms with Crippen molar-refractivity contribution in [1.29, 1.82) is 0 Å². The molecule has 0 aromatic heterocycles. The van der Waals surface area contributed by atoms with Gasteiger partial charge >= 0.3 is 0 Å². The number of nitrogens with zero attached hydrogens (tertiary/aromatic N) is 1. The second-order valence-corrected chi connectivity index (χ2v) is 13.4. The Kier molecular flexibility index (Phi) is 8.48. The first-order chi connectivity index (χ1) is 21.2. The van der Waals surface area contributed by atoms with Crippen LogP contribution in [0.25, 0.3) is 0 Å². The van der Waals surface area contributed by atoms with Gasteiger partial charge in [-0.15, -0.1) is 0 Å². The lowest BCUT2D eigenvalue weighted by atomic mass is 9.45. The maximum Gasteiger partial charge on any atom is 0.247 e. The number of ether oxygens (including phenoxy) is 2. The van der Waals surface area contributed by atoms with Crippen molar-refractivity contribution in [2.75, 3.05) is 26.8 Å². The van der Waals surface area contributed by atoms with Crippen molar-refractivity contribution in [1.82, 2.24) is 10.2 Å². The Morgan fingerprint density at radius 1 is 1.11 bits per heavy atom. The number of amides is 2. The minimum atomic E-state index is -1.13. The number of nitrogens with one attached hydrogen (secondary N) is 1. The van der Waals surface area contributed by atoms with Gasteiger partial charge in [0.15, 0.2) is 11.5 Å². The summed E-state index contributed by atoms with van der Waals surface area (Å²) < 4.78 is 12.0. The Morgan fingerprint density at radius 2 is 1.89 bits per heavy atom. The molecule has 2 aromatic carbocycles. The van der Waals surface area contributed by atoms with E-state index in [1.807, 2.05) is 30.3 Å². The third kappa shape index (κ3) is 5.29. The smallest absolute Gasteiger partial charge is 0.247 e. The first-order valence-corrected chi connectivity index (χ1v) is 15.8. The van der Waals surface area contributed by atoms with Crippen LogP contribution < -0.4 is 14.8 Å². The summed E-state index contributed by atoms with van der Waals surface area (Å²) >= 11 is 0. The molecular weight excluding hydrogens is 560 g/mol. The van der Waals surface area contributed by atoms with E-state index < -0.39 is 30.1 Å². The molecule has 9 nitrogen and oxygen atoms in total. The van der Waals surface area contributed by atoms with Crippen molar-refractivity contribution in [2.45, 2.75) is 70.3 Å². The summed E-state index contributed by atoms with van der Waals surface area (Å²) in [6.45, 7) is 4.74. The molecule has 2 bridgehead atoms. The van der Waals surface area contributed by atoms with E-state index in [1.165, 1.54) is 7.11 Å². The zero-order chi connectivity index (χ0) is 31.2. The lowest BCUT2D eigenvalue weighted by Crippen LogP contribution is -2.60. The number of aliphatic hydroxyl groups is 3. The van der Waals surface area contributed by atoms with Gasteiger partial charge in [-0.05, 0) is 71.8 Å². The monoisotopic (exact) mass is 604 g/mol. The van der Waals surface area contributed by atoms with Gasteiger partial charge in [0.2, 0.25) is 11.8 Å². The van der Waals surface area contributed by atoms with Crippen LogP contribution in [0.2, 0.25) is 0 Å². The van der Waals surface area contributed by atoms with Crippen LogP contribution in [0.15, 0.2) is 54.1 Å². The van der Waals surface area contributed by atoms with Crippen LogP contribution in [0.4, 0.5) is 0 Å². The number of methoxy groups -OCH3 is 1. The fourth-order valence-electron chi connectivity index (χ4n) is 8.31. The second-order valence-electron chi connectivity index (χ2n) is 13.4. The highest BCUT2D eigenvalue weighted by atomic mass is 16.5. The highest BCUT2D eigenvalue weighted by Gasteiger charge is 2.56. The number of benzene rings is 2. The maximum absolute atomic E-state index is 14.2. The van der Waals surface area contributed by atoms with Crippen molar-refractivity contribution < 1.29 is 34.4 Å². The first-order valence-electron chi connectivity index (χ1n) is 15.8. The fourth-order valence-corrected chi connectivity index (χ4v) is 8.31. The Bertz CT molecular complexity index is 1420. The fraction of sp³-hybridized carbons (Fsp3) is 0.543. The van der Waals surface area contributed by atoms with E-state index >= 15 is 0 Å². The predicted octanol–water partition coefficient (Wildman–Crippen LogP) is 2.95. The highest BCUT2D eigenvalue weighted by molar-refractivity contribution is 5.96. The van der Waals surface area contributed by atoms with Gasteiger partial charge in [-0.25, -0.2) is 0 Å². The average Bonchev–Trinajstić information content (AvgIpc) is 3.43. The van der Waals surface area contributed by atoms with E-state index in [4.69, 9.17) is 9.47 Å². The van der Waals surface area contributed by atoms with Crippen LogP contribution in [0.5, 0.6) is 11.5 Å². The summed E-state index contributed by atoms with van der Waals surface area (Å²) in [4.78, 5) is 29.7. The van der Waals surface area contributed by atoms with Crippen LogP contribution in [0.3, 0.4) is 0 Å². The molecule has 0 saturated heterocycles. The van der Waals surface area contributed by atoms with Gasteiger partial charge in [-0.2, -0.15) is 0 Å². The molecule has 4 aliphatic carbocycles. The SMILES string of the molecule is COc1cc(CO)cc2c1OC1C2C(C(=O)NCCO)=CC(N(CC2CCC3CC2C3(C)C)C(=O)Cc2ccccc2)C1O. The molecule has 9 heteroatoms. The van der Waals surface area contributed by atoms with Crippen molar-refractivity contribution in [3.8, 4) is 11.5 Å². The number of hydrogen-bond acceptors (Lipinski definition) is 7. The minimum absolute atomic E-state index is 0.0607. The van der Waals surface area contributed by atoms with Crippen LogP contribution >= 0.6 is 0 Å². The molecule has 7 atom stereocenters. The maximum atomic E-state index is 14.2. The van der Waals surface area contributed by atoms with Gasteiger partial charge < -0.3 is 35.0 Å². The van der Waals surface area contributed by atoms with Gasteiger partial charge in [0.05, 0.1) is 38.7 Å². The van der Waals surface area contributed by atoms with E-state index in [2.05, 4.69) is 19.2 Å². The number of carbonyl (C=O) groups is 2. The van der Waals surface area contributed by atoms with Gasteiger partial charge in [0, 0.05) is 24.2 Å². The molecule has 7 unspecified atom stereocenters. The minimum Gasteiger partial charge on any atom is -0.493 e. The Labute approximate surface area is 258 Å². The summed E-state index contributed by atoms with van der Waals surface area (Å²) in [6, 6.07) is 12.2. The summed E-state index contributed by atoms with van der Waals surface area (Å²) in [7, 11) is 1.51. The van der Waals surface area contributed by atoms with Gasteiger partial charge in [-0.1, -0.05) is 44.2 Å². The van der Waals surface area contributed by atoms with Crippen LogP contribution in [-0.4, -0.2) is 77.1 Å². The number of hydrogen-bond donors (Lipinski definition) is 4. The van der Waals surface area contributed by atoms with Crippen molar-refractivity contribution in [3.63, 3.8) is 0 Å². The van der Waals surface area contributed by atoms with E-state index in [0.29, 0.717) is 46.6 Å². The number of aliphatic hydroxyl groups excluding tert-OH is 3. The topological polar surface area (TPSA) is 129 Å². The summed E-state index contributed by atoms with van der Waals surface area (Å²) in [5.74, 6) is 1.15. The predicted molar refractivity (Wildman–Crippen MR) is 164 cm³/mol. The first kappa shape index (κ1) is 30.6. The molecule has 7 rings (SSSR count). The van der Waals surface area contributed by atoms with Crippen molar-refractivity contribution in [2.24, 2.45) is 23.2 Å². The van der Waals surface area contributed by atoms with Crippen LogP contribution in [0.1, 0.15) is 55.7 Å². The molecule has 5 aliphatic rings. The van der Waals surface area contributed by atoms with Gasteiger partial charge in [-0.3, -0.25) is 9.59 Å². The third-order valence-electron chi connectivity index (χ3n) is 10.8. The summed E-state index contributed by atoms with van der Waals surface area (Å²) in [5, 5.41) is 34.2. The highest BCUT2D eigenvalue weighted by Crippen LogP contribution is 2.61. The third-order valence-corrected chi connectivity index (χ3v) is 10.8. The Morgan fingerprint density at radius 3 is 2.55 bits per heavy atom.